The van der Waals surface area contributed by atoms with Crippen molar-refractivity contribution in [3.63, 3.8) is 0 Å². The van der Waals surface area contributed by atoms with Crippen LogP contribution in [0.15, 0.2) is 34.5 Å². The molecular formula is C9H9N7OS. The number of hydrogen-bond donors (Lipinski definition) is 2. The third-order valence-electron chi connectivity index (χ3n) is 2.03. The number of nitrogens with one attached hydrogen (secondary N) is 2. The van der Waals surface area contributed by atoms with Crippen LogP contribution in [0.4, 0.5) is 10.5 Å². The average Bonchev–Trinajstić information content (AvgIpc) is 2.82. The maximum absolute atomic E-state index is 10.9. The lowest BCUT2D eigenvalue weighted by molar-refractivity contribution is 0.250. The van der Waals surface area contributed by atoms with E-state index < -0.39 is 6.03 Å². The Kier molecular flexibility index (Phi) is 3.53. The summed E-state index contributed by atoms with van der Waals surface area (Å²) in [6.07, 6.45) is 0. The fraction of sp³-hybridized carbons (Fsp3) is 0.111. The minimum absolute atomic E-state index is 0.301. The number of nitrogens with zero attached hydrogens (tertiary/aromatic N) is 5. The number of aromatic nitrogens is 4. The predicted octanol–water partition coefficient (Wildman–Crippen LogP) is 1.75. The Labute approximate surface area is 107 Å². The molecular weight excluding hydrogens is 254 g/mol. The third kappa shape index (κ3) is 2.63. The second-order valence-corrected chi connectivity index (χ2v) is 3.56. The fourth-order valence-corrected chi connectivity index (χ4v) is 1.40. The van der Waals surface area contributed by atoms with Crippen molar-refractivity contribution < 1.29 is 4.79 Å². The molecule has 1 aromatic carbocycles. The summed E-state index contributed by atoms with van der Waals surface area (Å²) in [5.74, 6) is 0. The minimum atomic E-state index is -0.514. The molecule has 0 aliphatic rings. The van der Waals surface area contributed by atoms with Crippen LogP contribution in [0.2, 0.25) is 0 Å². The predicted molar refractivity (Wildman–Crippen MR) is 65.5 cm³/mol. The zero-order valence-electron chi connectivity index (χ0n) is 9.36. The molecule has 0 fully saturated rings. The molecule has 2 N–H and O–H groups in total. The van der Waals surface area contributed by atoms with Crippen LogP contribution in [-0.2, 0) is 0 Å². The van der Waals surface area contributed by atoms with Crippen molar-refractivity contribution in [1.82, 2.24) is 25.5 Å². The first-order valence-electron chi connectivity index (χ1n) is 4.94. The van der Waals surface area contributed by atoms with Gasteiger partial charge in [-0.3, -0.25) is 0 Å². The highest BCUT2D eigenvalue weighted by atomic mass is 32.1. The average molecular weight is 263 g/mol. The van der Waals surface area contributed by atoms with Gasteiger partial charge in [0.1, 0.15) is 0 Å². The molecule has 0 aliphatic carbocycles. The maximum atomic E-state index is 10.9. The molecule has 9 heteroatoms. The highest BCUT2D eigenvalue weighted by molar-refractivity contribution is 7.71. The summed E-state index contributed by atoms with van der Waals surface area (Å²) in [6.45, 7) is 0. The van der Waals surface area contributed by atoms with E-state index in [1.807, 2.05) is 0 Å². The topological polar surface area (TPSA) is 100 Å². The third-order valence-corrected chi connectivity index (χ3v) is 2.29. The Morgan fingerprint density at radius 3 is 3.06 bits per heavy atom. The van der Waals surface area contributed by atoms with Crippen LogP contribution in [0, 0.1) is 4.77 Å². The summed E-state index contributed by atoms with van der Waals surface area (Å²) in [5.41, 5.74) is 1.23. The molecule has 0 atom stereocenters. The van der Waals surface area contributed by atoms with Crippen molar-refractivity contribution in [3.05, 3.63) is 29.0 Å². The van der Waals surface area contributed by atoms with Gasteiger partial charge in [-0.1, -0.05) is 21.5 Å². The maximum Gasteiger partial charge on any atom is 0.359 e. The van der Waals surface area contributed by atoms with Gasteiger partial charge in [-0.15, -0.1) is 5.11 Å². The van der Waals surface area contributed by atoms with Gasteiger partial charge in [0.2, 0.25) is 4.77 Å². The molecule has 0 radical (unpaired) electrons. The van der Waals surface area contributed by atoms with Gasteiger partial charge in [0.05, 0.1) is 11.4 Å². The van der Waals surface area contributed by atoms with Gasteiger partial charge < -0.3 is 5.32 Å². The first kappa shape index (κ1) is 12.0. The van der Waals surface area contributed by atoms with Crippen molar-refractivity contribution in [3.8, 4) is 5.69 Å². The molecule has 0 saturated heterocycles. The number of amides is 2. The van der Waals surface area contributed by atoms with E-state index in [2.05, 4.69) is 31.1 Å². The summed E-state index contributed by atoms with van der Waals surface area (Å²) in [6, 6.07) is 6.45. The number of H-pyrrole nitrogens is 1. The van der Waals surface area contributed by atoms with E-state index in [0.29, 0.717) is 16.1 Å². The van der Waals surface area contributed by atoms with Gasteiger partial charge >= 0.3 is 6.03 Å². The monoisotopic (exact) mass is 263 g/mol. The number of carbonyl (C=O) groups is 1. The molecule has 0 unspecified atom stereocenters. The number of aromatic amines is 1. The van der Waals surface area contributed by atoms with E-state index in [-0.39, 0.29) is 0 Å². The van der Waals surface area contributed by atoms with E-state index >= 15 is 0 Å². The fourth-order valence-electron chi connectivity index (χ4n) is 1.21. The van der Waals surface area contributed by atoms with Gasteiger partial charge in [-0.25, -0.2) is 9.48 Å². The summed E-state index contributed by atoms with van der Waals surface area (Å²) in [7, 11) is 1.48. The smallest absolute Gasteiger partial charge is 0.338 e. The van der Waals surface area contributed by atoms with Crippen LogP contribution in [-0.4, -0.2) is 33.3 Å². The van der Waals surface area contributed by atoms with E-state index in [4.69, 9.17) is 12.2 Å². The number of azo groups is 1. The van der Waals surface area contributed by atoms with E-state index in [1.54, 1.807) is 24.3 Å². The second kappa shape index (κ2) is 5.27. The quantitative estimate of drug-likeness (QED) is 0.636. The van der Waals surface area contributed by atoms with Crippen LogP contribution in [0.5, 0.6) is 0 Å². The van der Waals surface area contributed by atoms with Crippen molar-refractivity contribution in [2.24, 2.45) is 10.2 Å². The summed E-state index contributed by atoms with van der Waals surface area (Å²) in [4.78, 5) is 10.9. The molecule has 0 spiro atoms. The van der Waals surface area contributed by atoms with Crippen LogP contribution >= 0.6 is 12.2 Å². The minimum Gasteiger partial charge on any atom is -0.338 e. The number of hydrogen-bond acceptors (Lipinski definition) is 5. The lowest BCUT2D eigenvalue weighted by Gasteiger charge is -2.00. The number of rotatable bonds is 2. The van der Waals surface area contributed by atoms with Crippen LogP contribution in [0.25, 0.3) is 5.69 Å². The highest BCUT2D eigenvalue weighted by Gasteiger charge is 2.01. The van der Waals surface area contributed by atoms with Gasteiger partial charge in [0.25, 0.3) is 0 Å². The Morgan fingerprint density at radius 1 is 1.56 bits per heavy atom. The van der Waals surface area contributed by atoms with Gasteiger partial charge in [0, 0.05) is 7.05 Å². The molecule has 1 aromatic heterocycles. The molecule has 2 aromatic rings. The van der Waals surface area contributed by atoms with Crippen LogP contribution < -0.4 is 5.32 Å². The van der Waals surface area contributed by atoms with Crippen molar-refractivity contribution >= 4 is 23.9 Å². The van der Waals surface area contributed by atoms with E-state index in [1.165, 1.54) is 11.7 Å². The highest BCUT2D eigenvalue weighted by Crippen LogP contribution is 2.17. The number of benzene rings is 1. The number of urea groups is 1. The second-order valence-electron chi connectivity index (χ2n) is 3.19. The van der Waals surface area contributed by atoms with Gasteiger partial charge in [-0.05, 0) is 30.4 Å². The molecule has 92 valence electrons. The largest absolute Gasteiger partial charge is 0.359 e. The van der Waals surface area contributed by atoms with E-state index in [0.717, 1.165) is 0 Å². The van der Waals surface area contributed by atoms with Crippen LogP contribution in [0.3, 0.4) is 0 Å². The molecule has 2 rings (SSSR count). The lowest BCUT2D eigenvalue weighted by Crippen LogP contribution is -2.11. The Hall–Kier alpha value is -2.42. The van der Waals surface area contributed by atoms with Gasteiger partial charge in [-0.2, -0.15) is 5.21 Å². The molecule has 0 bridgehead atoms. The Balaban J connectivity index is 2.31. The van der Waals surface area contributed by atoms with Crippen molar-refractivity contribution in [2.75, 3.05) is 7.05 Å². The molecule has 2 amide bonds. The Morgan fingerprint density at radius 2 is 2.39 bits per heavy atom. The molecule has 8 nitrogen and oxygen atoms in total. The number of tetrazole rings is 1. The van der Waals surface area contributed by atoms with Crippen molar-refractivity contribution in [1.29, 1.82) is 0 Å². The molecule has 1 heterocycles. The SMILES string of the molecule is CNC(=O)N=Nc1cccc(-n2[nH]nnc2=S)c1. The first-order valence-corrected chi connectivity index (χ1v) is 5.35. The normalized spacial score (nSPS) is 10.7. The molecule has 0 aliphatic heterocycles. The van der Waals surface area contributed by atoms with Crippen molar-refractivity contribution in [2.45, 2.75) is 0 Å². The Bertz CT molecular complexity index is 644. The standard InChI is InChI=1S/C9H9N7OS/c1-10-8(17)12-11-6-3-2-4-7(5-6)16-9(18)13-14-15-16/h2-5H,1H3,(H,10,17)(H,13,15,18). The molecule has 0 saturated carbocycles. The zero-order chi connectivity index (χ0) is 13.0. The summed E-state index contributed by atoms with van der Waals surface area (Å²) < 4.78 is 1.81. The van der Waals surface area contributed by atoms with E-state index in [9.17, 15) is 4.79 Å². The molecule has 18 heavy (non-hydrogen) atoms. The van der Waals surface area contributed by atoms with Gasteiger partial charge in [0.15, 0.2) is 0 Å². The zero-order valence-corrected chi connectivity index (χ0v) is 10.2. The van der Waals surface area contributed by atoms with Crippen LogP contribution in [0.1, 0.15) is 0 Å². The lowest BCUT2D eigenvalue weighted by atomic mass is 10.3. The summed E-state index contributed by atoms with van der Waals surface area (Å²) in [5, 5.41) is 19.5. The number of carbonyl (C=O) groups excluding carboxylic acids is 1. The summed E-state index contributed by atoms with van der Waals surface area (Å²) >= 11 is 4.98. The first-order chi connectivity index (χ1) is 8.70.